The minimum absolute atomic E-state index is 0.225. The summed E-state index contributed by atoms with van der Waals surface area (Å²) in [5.74, 6) is 0.656. The highest BCUT2D eigenvalue weighted by atomic mass is 35.5. The molecule has 1 aromatic carbocycles. The Bertz CT molecular complexity index is 316. The van der Waals surface area contributed by atoms with Crippen LogP contribution in [0.25, 0.3) is 0 Å². The lowest BCUT2D eigenvalue weighted by atomic mass is 9.89. The highest BCUT2D eigenvalue weighted by molar-refractivity contribution is 6.31. The Kier molecular flexibility index (Phi) is 3.06. The predicted molar refractivity (Wildman–Crippen MR) is 57.6 cm³/mol. The van der Waals surface area contributed by atoms with Crippen molar-refractivity contribution in [3.8, 4) is 0 Å². The van der Waals surface area contributed by atoms with Gasteiger partial charge in [-0.3, -0.25) is 0 Å². The number of hydrogen-bond donors (Lipinski definition) is 2. The molecule has 1 saturated heterocycles. The quantitative estimate of drug-likeness (QED) is 0.780. The van der Waals surface area contributed by atoms with Crippen molar-refractivity contribution in [2.75, 3.05) is 19.7 Å². The number of aliphatic hydroxyl groups is 1. The molecule has 2 atom stereocenters. The summed E-state index contributed by atoms with van der Waals surface area (Å²) in [6, 6.07) is 7.88. The van der Waals surface area contributed by atoms with Gasteiger partial charge in [0.15, 0.2) is 0 Å². The normalized spacial score (nSPS) is 26.7. The second-order valence-electron chi connectivity index (χ2n) is 3.73. The van der Waals surface area contributed by atoms with Crippen LogP contribution in [0.3, 0.4) is 0 Å². The molecule has 14 heavy (non-hydrogen) atoms. The first-order valence-electron chi connectivity index (χ1n) is 4.89. The van der Waals surface area contributed by atoms with Gasteiger partial charge in [0.05, 0.1) is 0 Å². The van der Waals surface area contributed by atoms with E-state index in [1.54, 1.807) is 0 Å². The van der Waals surface area contributed by atoms with Crippen LogP contribution in [0, 0.1) is 5.92 Å². The van der Waals surface area contributed by atoms with Gasteiger partial charge in [0.2, 0.25) is 0 Å². The van der Waals surface area contributed by atoms with Gasteiger partial charge in [-0.25, -0.2) is 0 Å². The third-order valence-corrected chi connectivity index (χ3v) is 3.22. The highest BCUT2D eigenvalue weighted by Crippen LogP contribution is 2.32. The molecule has 1 aliphatic heterocycles. The summed E-state index contributed by atoms with van der Waals surface area (Å²) < 4.78 is 0. The van der Waals surface area contributed by atoms with Crippen molar-refractivity contribution >= 4 is 11.6 Å². The molecule has 0 amide bonds. The fraction of sp³-hybridized carbons (Fsp3) is 0.455. The molecule has 2 nitrogen and oxygen atoms in total. The van der Waals surface area contributed by atoms with Crippen molar-refractivity contribution in [1.29, 1.82) is 0 Å². The summed E-state index contributed by atoms with van der Waals surface area (Å²) in [7, 11) is 0. The van der Waals surface area contributed by atoms with E-state index in [1.807, 2.05) is 24.3 Å². The van der Waals surface area contributed by atoms with E-state index >= 15 is 0 Å². The van der Waals surface area contributed by atoms with Crippen LogP contribution in [0.5, 0.6) is 0 Å². The van der Waals surface area contributed by atoms with Gasteiger partial charge in [0, 0.05) is 36.6 Å². The molecular formula is C11H14ClNO. The third kappa shape index (κ3) is 1.78. The molecule has 1 aromatic rings. The first kappa shape index (κ1) is 9.97. The average molecular weight is 212 g/mol. The fourth-order valence-corrected chi connectivity index (χ4v) is 2.34. The molecule has 1 aliphatic rings. The summed E-state index contributed by atoms with van der Waals surface area (Å²) in [6.45, 7) is 2.02. The number of aliphatic hydroxyl groups excluding tert-OH is 1. The molecule has 0 aromatic heterocycles. The topological polar surface area (TPSA) is 32.3 Å². The lowest BCUT2D eigenvalue weighted by molar-refractivity contribution is 0.226. The van der Waals surface area contributed by atoms with Gasteiger partial charge in [-0.2, -0.15) is 0 Å². The minimum Gasteiger partial charge on any atom is -0.396 e. The van der Waals surface area contributed by atoms with Gasteiger partial charge in [-0.1, -0.05) is 29.8 Å². The largest absolute Gasteiger partial charge is 0.396 e. The molecule has 76 valence electrons. The Morgan fingerprint density at radius 2 is 2.14 bits per heavy atom. The standard InChI is InChI=1S/C11H14ClNO/c12-11-4-2-1-3-9(11)10-6-13-5-8(10)7-14/h1-4,8,10,13-14H,5-7H2/t8-,10+/m0/s1. The van der Waals surface area contributed by atoms with Crippen LogP contribution in [0.2, 0.25) is 5.02 Å². The highest BCUT2D eigenvalue weighted by Gasteiger charge is 2.28. The minimum atomic E-state index is 0.225. The van der Waals surface area contributed by atoms with Crippen LogP contribution in [-0.2, 0) is 0 Å². The monoisotopic (exact) mass is 211 g/mol. The summed E-state index contributed by atoms with van der Waals surface area (Å²) in [4.78, 5) is 0. The van der Waals surface area contributed by atoms with Gasteiger partial charge in [0.1, 0.15) is 0 Å². The molecule has 1 fully saturated rings. The van der Waals surface area contributed by atoms with Gasteiger partial charge >= 0.3 is 0 Å². The predicted octanol–water partition coefficient (Wildman–Crippen LogP) is 1.64. The number of nitrogens with one attached hydrogen (secondary N) is 1. The smallest absolute Gasteiger partial charge is 0.0477 e. The SMILES string of the molecule is OC[C@@H]1CNC[C@H]1c1ccccc1Cl. The van der Waals surface area contributed by atoms with E-state index in [-0.39, 0.29) is 6.61 Å². The summed E-state index contributed by atoms with van der Waals surface area (Å²) in [5, 5.41) is 13.3. The van der Waals surface area contributed by atoms with Crippen LogP contribution < -0.4 is 5.32 Å². The summed E-state index contributed by atoms with van der Waals surface area (Å²) >= 11 is 6.12. The average Bonchev–Trinajstić information content (AvgIpc) is 2.66. The van der Waals surface area contributed by atoms with E-state index in [0.717, 1.165) is 23.7 Å². The van der Waals surface area contributed by atoms with Gasteiger partial charge in [0.25, 0.3) is 0 Å². The maximum atomic E-state index is 9.21. The fourth-order valence-electron chi connectivity index (χ4n) is 2.06. The van der Waals surface area contributed by atoms with E-state index < -0.39 is 0 Å². The van der Waals surface area contributed by atoms with Gasteiger partial charge < -0.3 is 10.4 Å². The molecule has 0 saturated carbocycles. The maximum absolute atomic E-state index is 9.21. The molecule has 2 rings (SSSR count). The van der Waals surface area contributed by atoms with Crippen LogP contribution in [0.4, 0.5) is 0 Å². The zero-order chi connectivity index (χ0) is 9.97. The van der Waals surface area contributed by atoms with E-state index in [0.29, 0.717) is 11.8 Å². The van der Waals surface area contributed by atoms with Crippen molar-refractivity contribution in [1.82, 2.24) is 5.32 Å². The Hall–Kier alpha value is -0.570. The third-order valence-electron chi connectivity index (χ3n) is 2.88. The van der Waals surface area contributed by atoms with Crippen molar-refractivity contribution in [3.05, 3.63) is 34.9 Å². The molecule has 3 heteroatoms. The Morgan fingerprint density at radius 1 is 1.36 bits per heavy atom. The molecular weight excluding hydrogens is 198 g/mol. The van der Waals surface area contributed by atoms with E-state index in [9.17, 15) is 5.11 Å². The second-order valence-corrected chi connectivity index (χ2v) is 4.14. The summed E-state index contributed by atoms with van der Waals surface area (Å²) in [6.07, 6.45) is 0. The molecule has 2 N–H and O–H groups in total. The Morgan fingerprint density at radius 3 is 2.86 bits per heavy atom. The van der Waals surface area contributed by atoms with Crippen LogP contribution in [0.1, 0.15) is 11.5 Å². The zero-order valence-corrected chi connectivity index (χ0v) is 8.67. The van der Waals surface area contributed by atoms with Gasteiger partial charge in [-0.05, 0) is 11.6 Å². The Labute approximate surface area is 88.9 Å². The van der Waals surface area contributed by atoms with Crippen molar-refractivity contribution in [3.63, 3.8) is 0 Å². The first-order valence-corrected chi connectivity index (χ1v) is 5.26. The molecule has 1 heterocycles. The van der Waals surface area contributed by atoms with E-state index in [1.165, 1.54) is 0 Å². The maximum Gasteiger partial charge on any atom is 0.0477 e. The first-order chi connectivity index (χ1) is 6.83. The van der Waals surface area contributed by atoms with Crippen molar-refractivity contribution in [2.24, 2.45) is 5.92 Å². The molecule has 0 unspecified atom stereocenters. The van der Waals surface area contributed by atoms with E-state index in [2.05, 4.69) is 5.32 Å². The second kappa shape index (κ2) is 4.30. The number of halogens is 1. The molecule has 0 radical (unpaired) electrons. The number of rotatable bonds is 2. The molecule has 0 bridgehead atoms. The van der Waals surface area contributed by atoms with Crippen molar-refractivity contribution < 1.29 is 5.11 Å². The lowest BCUT2D eigenvalue weighted by Gasteiger charge is -2.17. The molecule has 0 spiro atoms. The van der Waals surface area contributed by atoms with Crippen LogP contribution >= 0.6 is 11.6 Å². The zero-order valence-electron chi connectivity index (χ0n) is 7.91. The Balaban J connectivity index is 2.26. The molecule has 0 aliphatic carbocycles. The van der Waals surface area contributed by atoms with Crippen LogP contribution in [-0.4, -0.2) is 24.8 Å². The van der Waals surface area contributed by atoms with Gasteiger partial charge in [-0.15, -0.1) is 0 Å². The number of hydrogen-bond acceptors (Lipinski definition) is 2. The van der Waals surface area contributed by atoms with Crippen molar-refractivity contribution in [2.45, 2.75) is 5.92 Å². The van der Waals surface area contributed by atoms with Crippen LogP contribution in [0.15, 0.2) is 24.3 Å². The number of benzene rings is 1. The lowest BCUT2D eigenvalue weighted by Crippen LogP contribution is -2.15. The van der Waals surface area contributed by atoms with E-state index in [4.69, 9.17) is 11.6 Å². The summed E-state index contributed by atoms with van der Waals surface area (Å²) in [5.41, 5.74) is 1.15.